The maximum Gasteiger partial charge on any atom is 2.00 e. The molecule has 2 nitrogen and oxygen atoms in total. The summed E-state index contributed by atoms with van der Waals surface area (Å²) in [4.78, 5) is 2.41. The molecule has 74 valence electrons. The molecule has 1 unspecified atom stereocenters. The SMILES string of the molecule is N=C1C=CC=CC1N1CCCCC1.[H-].[H-].[Sr+2]. The Kier molecular flexibility index (Phi) is 5.64. The van der Waals surface area contributed by atoms with E-state index in [1.54, 1.807) is 0 Å². The number of hydrogen-bond donors (Lipinski definition) is 1. The van der Waals surface area contributed by atoms with Crippen molar-refractivity contribution in [2.24, 2.45) is 0 Å². The van der Waals surface area contributed by atoms with Gasteiger partial charge in [-0.2, -0.15) is 0 Å². The van der Waals surface area contributed by atoms with Crippen LogP contribution in [0.4, 0.5) is 0 Å². The van der Waals surface area contributed by atoms with E-state index >= 15 is 0 Å². The second-order valence-electron chi connectivity index (χ2n) is 3.74. The Morgan fingerprint density at radius 1 is 1.21 bits per heavy atom. The largest absolute Gasteiger partial charge is 2.00 e. The number of nitrogens with zero attached hydrogens (tertiary/aromatic N) is 1. The fraction of sp³-hybridized carbons (Fsp3) is 0.545. The molecule has 0 amide bonds. The van der Waals surface area contributed by atoms with Crippen molar-refractivity contribution >= 4 is 51.2 Å². The molecule has 0 aromatic rings. The monoisotopic (exact) mass is 266 g/mol. The van der Waals surface area contributed by atoms with E-state index in [4.69, 9.17) is 5.41 Å². The normalized spacial score (nSPS) is 27.4. The molecule has 0 aromatic heterocycles. The van der Waals surface area contributed by atoms with Crippen LogP contribution >= 0.6 is 0 Å². The minimum Gasteiger partial charge on any atom is -1.00 e. The number of nitrogens with one attached hydrogen (secondary N) is 1. The van der Waals surface area contributed by atoms with Gasteiger partial charge in [-0.3, -0.25) is 4.90 Å². The third-order valence-electron chi connectivity index (χ3n) is 2.78. The zero-order valence-electron chi connectivity index (χ0n) is 10.6. The van der Waals surface area contributed by atoms with Gasteiger partial charge in [0.1, 0.15) is 0 Å². The van der Waals surface area contributed by atoms with Crippen LogP contribution in [-0.4, -0.2) is 75.2 Å². The molecule has 0 aromatic carbocycles. The summed E-state index contributed by atoms with van der Waals surface area (Å²) < 4.78 is 0. The molecule has 1 fully saturated rings. The molecule has 0 radical (unpaired) electrons. The molecule has 0 saturated carbocycles. The first kappa shape index (κ1) is 12.7. The summed E-state index contributed by atoms with van der Waals surface area (Å²) in [5.41, 5.74) is 0.740. The van der Waals surface area contributed by atoms with E-state index in [1.807, 2.05) is 12.2 Å². The molecular formula is C11H18N2Sr. The van der Waals surface area contributed by atoms with Crippen LogP contribution in [0.25, 0.3) is 0 Å². The molecule has 2 rings (SSSR count). The summed E-state index contributed by atoms with van der Waals surface area (Å²) >= 11 is 0. The second kappa shape index (κ2) is 6.23. The molecule has 1 N–H and O–H groups in total. The van der Waals surface area contributed by atoms with Crippen LogP contribution in [0, 0.1) is 5.41 Å². The summed E-state index contributed by atoms with van der Waals surface area (Å²) in [6.07, 6.45) is 12.0. The van der Waals surface area contributed by atoms with Crippen molar-refractivity contribution in [1.29, 1.82) is 5.41 Å². The summed E-state index contributed by atoms with van der Waals surface area (Å²) in [5, 5.41) is 7.80. The third kappa shape index (κ3) is 3.04. The van der Waals surface area contributed by atoms with Crippen molar-refractivity contribution in [2.45, 2.75) is 25.3 Å². The molecule has 1 atom stereocenters. The number of rotatable bonds is 1. The van der Waals surface area contributed by atoms with Gasteiger partial charge >= 0.3 is 45.5 Å². The molecule has 0 spiro atoms. The van der Waals surface area contributed by atoms with Gasteiger partial charge in [-0.15, -0.1) is 0 Å². The van der Waals surface area contributed by atoms with E-state index in [9.17, 15) is 0 Å². The number of likely N-dealkylation sites (tertiary alicyclic amines) is 1. The molecule has 0 bridgehead atoms. The Morgan fingerprint density at radius 3 is 2.57 bits per heavy atom. The molecule has 1 aliphatic carbocycles. The Hall–Kier alpha value is 0.591. The first-order valence-electron chi connectivity index (χ1n) is 5.05. The van der Waals surface area contributed by atoms with Gasteiger partial charge in [0, 0.05) is 0 Å². The van der Waals surface area contributed by atoms with Crippen molar-refractivity contribution in [3.8, 4) is 0 Å². The van der Waals surface area contributed by atoms with Gasteiger partial charge in [0.2, 0.25) is 0 Å². The van der Waals surface area contributed by atoms with E-state index in [0.717, 1.165) is 18.8 Å². The molecule has 1 heterocycles. The average molecular weight is 266 g/mol. The van der Waals surface area contributed by atoms with Gasteiger partial charge in [0.05, 0.1) is 11.8 Å². The van der Waals surface area contributed by atoms with Crippen LogP contribution in [0.2, 0.25) is 0 Å². The predicted molar refractivity (Wildman–Crippen MR) is 63.2 cm³/mol. The molecule has 1 saturated heterocycles. The van der Waals surface area contributed by atoms with E-state index in [2.05, 4.69) is 17.1 Å². The zero-order chi connectivity index (χ0) is 9.10. The van der Waals surface area contributed by atoms with Gasteiger partial charge in [-0.25, -0.2) is 0 Å². The van der Waals surface area contributed by atoms with Crippen molar-refractivity contribution in [3.63, 3.8) is 0 Å². The second-order valence-corrected chi connectivity index (χ2v) is 3.74. The van der Waals surface area contributed by atoms with Crippen LogP contribution in [0.1, 0.15) is 22.1 Å². The Morgan fingerprint density at radius 2 is 1.93 bits per heavy atom. The summed E-state index contributed by atoms with van der Waals surface area (Å²) in [6.45, 7) is 2.32. The van der Waals surface area contributed by atoms with Crippen molar-refractivity contribution < 1.29 is 2.85 Å². The Balaban J connectivity index is 0. The third-order valence-corrected chi connectivity index (χ3v) is 2.78. The van der Waals surface area contributed by atoms with Gasteiger partial charge < -0.3 is 8.26 Å². The average Bonchev–Trinajstić information content (AvgIpc) is 2.20. The van der Waals surface area contributed by atoms with Crippen molar-refractivity contribution in [2.75, 3.05) is 13.1 Å². The summed E-state index contributed by atoms with van der Waals surface area (Å²) in [5.74, 6) is 0. The van der Waals surface area contributed by atoms with E-state index in [0.29, 0.717) is 0 Å². The molecule has 2 aliphatic rings. The van der Waals surface area contributed by atoms with Crippen molar-refractivity contribution in [3.05, 3.63) is 24.3 Å². The maximum atomic E-state index is 7.80. The molecule has 1 aliphatic heterocycles. The standard InChI is InChI=1S/C11H16N2.Sr.2H/c12-10-6-2-3-7-11(10)13-8-4-1-5-9-13;;;/h2-3,6-7,11-12H,1,4-5,8-9H2;;;/q;+2;2*-1. The fourth-order valence-electron chi connectivity index (χ4n) is 2.05. The maximum absolute atomic E-state index is 7.80. The Labute approximate surface area is 126 Å². The molecular weight excluding hydrogens is 248 g/mol. The minimum absolute atomic E-state index is 0. The quantitative estimate of drug-likeness (QED) is 0.720. The number of allylic oxidation sites excluding steroid dienone is 2. The summed E-state index contributed by atoms with van der Waals surface area (Å²) in [6, 6.07) is 0.255. The smallest absolute Gasteiger partial charge is 1.00 e. The Bertz CT molecular complexity index is 261. The predicted octanol–water partition coefficient (Wildman–Crippen LogP) is 1.83. The molecule has 14 heavy (non-hydrogen) atoms. The molecule has 3 heteroatoms. The fourth-order valence-corrected chi connectivity index (χ4v) is 2.05. The van der Waals surface area contributed by atoms with Gasteiger partial charge in [-0.1, -0.05) is 24.6 Å². The van der Waals surface area contributed by atoms with Gasteiger partial charge in [0.25, 0.3) is 0 Å². The minimum atomic E-state index is 0. The first-order chi connectivity index (χ1) is 6.38. The van der Waals surface area contributed by atoms with Crippen LogP contribution in [0.15, 0.2) is 24.3 Å². The van der Waals surface area contributed by atoms with Crippen LogP contribution in [-0.2, 0) is 0 Å². The first-order valence-corrected chi connectivity index (χ1v) is 5.05. The van der Waals surface area contributed by atoms with Gasteiger partial charge in [-0.05, 0) is 32.0 Å². The van der Waals surface area contributed by atoms with Crippen molar-refractivity contribution in [1.82, 2.24) is 4.90 Å². The number of hydrogen-bond acceptors (Lipinski definition) is 2. The van der Waals surface area contributed by atoms with Crippen LogP contribution < -0.4 is 0 Å². The van der Waals surface area contributed by atoms with E-state index in [-0.39, 0.29) is 54.4 Å². The van der Waals surface area contributed by atoms with Gasteiger partial charge in [0.15, 0.2) is 0 Å². The summed E-state index contributed by atoms with van der Waals surface area (Å²) in [7, 11) is 0. The topological polar surface area (TPSA) is 27.1 Å². The van der Waals surface area contributed by atoms with Crippen LogP contribution in [0.5, 0.6) is 0 Å². The van der Waals surface area contributed by atoms with E-state index < -0.39 is 0 Å². The number of piperidine rings is 1. The zero-order valence-corrected chi connectivity index (χ0v) is 12.1. The van der Waals surface area contributed by atoms with Crippen LogP contribution in [0.3, 0.4) is 0 Å². The van der Waals surface area contributed by atoms with E-state index in [1.165, 1.54) is 19.3 Å².